The fourth-order valence-electron chi connectivity index (χ4n) is 2.64. The minimum Gasteiger partial charge on any atom is -0.481 e. The fourth-order valence-corrected chi connectivity index (χ4v) is 2.64. The molecule has 1 heterocycles. The maximum atomic E-state index is 10.8. The van der Waals surface area contributed by atoms with E-state index in [0.29, 0.717) is 23.3 Å². The number of fused-ring (bicyclic) bond motifs is 2. The summed E-state index contributed by atoms with van der Waals surface area (Å²) in [6.45, 7) is 2.00. The minimum absolute atomic E-state index is 0.0634. The molecule has 0 amide bonds. The lowest BCUT2D eigenvalue weighted by molar-refractivity contribution is -0.136. The van der Waals surface area contributed by atoms with Gasteiger partial charge in [-0.3, -0.25) is 4.79 Å². The SMILES string of the molecule is Cc1ccc2c(c1)C[C@@H](O)c1cc(CC(=O)O)ccc1O2. The van der Waals surface area contributed by atoms with E-state index in [1.807, 2.05) is 25.1 Å². The second-order valence-electron chi connectivity index (χ2n) is 5.38. The fraction of sp³-hybridized carbons (Fsp3) is 0.235. The van der Waals surface area contributed by atoms with Crippen LogP contribution in [0, 0.1) is 6.92 Å². The van der Waals surface area contributed by atoms with Crippen LogP contribution in [-0.4, -0.2) is 16.2 Å². The Morgan fingerprint density at radius 2 is 2.00 bits per heavy atom. The second kappa shape index (κ2) is 5.22. The number of ether oxygens (including phenoxy) is 1. The van der Waals surface area contributed by atoms with Gasteiger partial charge in [0.15, 0.2) is 0 Å². The standard InChI is InChI=1S/C17H16O4/c1-10-2-4-15-12(6-10)9-14(18)13-7-11(8-17(19)20)3-5-16(13)21-15/h2-7,14,18H,8-9H2,1H3,(H,19,20)/t14-/m1/s1. The van der Waals surface area contributed by atoms with Crippen molar-refractivity contribution in [2.75, 3.05) is 0 Å². The molecule has 2 aromatic carbocycles. The number of aryl methyl sites for hydroxylation is 1. The first-order valence-corrected chi connectivity index (χ1v) is 6.83. The second-order valence-corrected chi connectivity index (χ2v) is 5.38. The van der Waals surface area contributed by atoms with E-state index in [0.717, 1.165) is 16.9 Å². The number of rotatable bonds is 2. The predicted octanol–water partition coefficient (Wildman–Crippen LogP) is 3.00. The quantitative estimate of drug-likeness (QED) is 0.889. The van der Waals surface area contributed by atoms with Crippen LogP contribution in [-0.2, 0) is 17.6 Å². The zero-order chi connectivity index (χ0) is 15.0. The summed E-state index contributed by atoms with van der Waals surface area (Å²) in [5.74, 6) is 0.432. The third-order valence-corrected chi connectivity index (χ3v) is 3.64. The molecular weight excluding hydrogens is 268 g/mol. The van der Waals surface area contributed by atoms with Crippen LogP contribution < -0.4 is 4.74 Å². The maximum Gasteiger partial charge on any atom is 0.307 e. The molecule has 0 aromatic heterocycles. The van der Waals surface area contributed by atoms with Gasteiger partial charge in [-0.05, 0) is 36.2 Å². The van der Waals surface area contributed by atoms with Gasteiger partial charge < -0.3 is 14.9 Å². The monoisotopic (exact) mass is 284 g/mol. The topological polar surface area (TPSA) is 66.8 Å². The molecule has 0 fully saturated rings. The van der Waals surface area contributed by atoms with Crippen LogP contribution in [0.1, 0.15) is 28.4 Å². The highest BCUT2D eigenvalue weighted by Gasteiger charge is 2.22. The summed E-state index contributed by atoms with van der Waals surface area (Å²) in [7, 11) is 0. The first-order chi connectivity index (χ1) is 10.0. The van der Waals surface area contributed by atoms with Gasteiger partial charge in [0, 0.05) is 12.0 Å². The number of aliphatic carboxylic acids is 1. The average molecular weight is 284 g/mol. The molecule has 1 aliphatic rings. The van der Waals surface area contributed by atoms with E-state index < -0.39 is 12.1 Å². The van der Waals surface area contributed by atoms with Crippen LogP contribution in [0.4, 0.5) is 0 Å². The number of carboxylic acids is 1. The number of carbonyl (C=O) groups is 1. The molecule has 0 unspecified atom stereocenters. The van der Waals surface area contributed by atoms with E-state index >= 15 is 0 Å². The molecule has 4 nitrogen and oxygen atoms in total. The molecule has 0 bridgehead atoms. The number of hydrogen-bond acceptors (Lipinski definition) is 3. The van der Waals surface area contributed by atoms with Gasteiger partial charge in [-0.25, -0.2) is 0 Å². The van der Waals surface area contributed by atoms with Crippen molar-refractivity contribution in [2.24, 2.45) is 0 Å². The van der Waals surface area contributed by atoms with Crippen molar-refractivity contribution in [1.82, 2.24) is 0 Å². The summed E-state index contributed by atoms with van der Waals surface area (Å²) < 4.78 is 5.88. The van der Waals surface area contributed by atoms with E-state index in [1.54, 1.807) is 18.2 Å². The Morgan fingerprint density at radius 1 is 1.24 bits per heavy atom. The van der Waals surface area contributed by atoms with Gasteiger partial charge in [-0.1, -0.05) is 23.8 Å². The number of hydrogen-bond donors (Lipinski definition) is 2. The van der Waals surface area contributed by atoms with Gasteiger partial charge in [0.1, 0.15) is 11.5 Å². The Balaban J connectivity index is 2.02. The Bertz CT molecular complexity index is 706. The third kappa shape index (κ3) is 2.76. The van der Waals surface area contributed by atoms with Crippen molar-refractivity contribution in [1.29, 1.82) is 0 Å². The Labute approximate surface area is 122 Å². The van der Waals surface area contributed by atoms with Gasteiger partial charge in [-0.15, -0.1) is 0 Å². The molecule has 0 spiro atoms. The van der Waals surface area contributed by atoms with Gasteiger partial charge in [0.05, 0.1) is 12.5 Å². The van der Waals surface area contributed by atoms with Crippen LogP contribution >= 0.6 is 0 Å². The highest BCUT2D eigenvalue weighted by Crippen LogP contribution is 2.39. The molecule has 3 rings (SSSR count). The van der Waals surface area contributed by atoms with Gasteiger partial charge >= 0.3 is 5.97 Å². The molecule has 108 valence electrons. The van der Waals surface area contributed by atoms with Crippen molar-refractivity contribution in [2.45, 2.75) is 25.9 Å². The Morgan fingerprint density at radius 3 is 2.76 bits per heavy atom. The van der Waals surface area contributed by atoms with Crippen LogP contribution in [0.2, 0.25) is 0 Å². The lowest BCUT2D eigenvalue weighted by atomic mass is 9.98. The summed E-state index contributed by atoms with van der Waals surface area (Å²) in [6.07, 6.45) is -0.302. The number of carboxylic acid groups (broad SMARTS) is 1. The van der Waals surface area contributed by atoms with E-state index in [-0.39, 0.29) is 6.42 Å². The molecule has 0 radical (unpaired) electrons. The van der Waals surface area contributed by atoms with Crippen LogP contribution in [0.15, 0.2) is 36.4 Å². The highest BCUT2D eigenvalue weighted by molar-refractivity contribution is 5.70. The van der Waals surface area contributed by atoms with E-state index in [1.165, 1.54) is 0 Å². The number of aliphatic hydroxyl groups excluding tert-OH is 1. The van der Waals surface area contributed by atoms with Gasteiger partial charge in [0.25, 0.3) is 0 Å². The molecule has 0 aliphatic carbocycles. The van der Waals surface area contributed by atoms with Crippen molar-refractivity contribution < 1.29 is 19.7 Å². The van der Waals surface area contributed by atoms with Gasteiger partial charge in [-0.2, -0.15) is 0 Å². The summed E-state index contributed by atoms with van der Waals surface area (Å²) in [4.78, 5) is 10.8. The average Bonchev–Trinajstić information content (AvgIpc) is 2.54. The summed E-state index contributed by atoms with van der Waals surface area (Å²) in [6, 6.07) is 11.0. The summed E-state index contributed by atoms with van der Waals surface area (Å²) in [5.41, 5.74) is 3.37. The predicted molar refractivity (Wildman–Crippen MR) is 77.7 cm³/mol. The molecule has 2 aromatic rings. The molecule has 1 aliphatic heterocycles. The van der Waals surface area contributed by atoms with E-state index in [2.05, 4.69) is 0 Å². The largest absolute Gasteiger partial charge is 0.481 e. The first kappa shape index (κ1) is 13.6. The van der Waals surface area contributed by atoms with Crippen LogP contribution in [0.5, 0.6) is 11.5 Å². The summed E-state index contributed by atoms with van der Waals surface area (Å²) in [5, 5.41) is 19.3. The van der Waals surface area contributed by atoms with E-state index in [9.17, 15) is 9.90 Å². The van der Waals surface area contributed by atoms with Gasteiger partial charge in [0.2, 0.25) is 0 Å². The molecule has 4 heteroatoms. The molecule has 21 heavy (non-hydrogen) atoms. The normalized spacial score (nSPS) is 16.4. The van der Waals surface area contributed by atoms with Crippen LogP contribution in [0.25, 0.3) is 0 Å². The molecule has 2 N–H and O–H groups in total. The molecule has 0 saturated carbocycles. The lowest BCUT2D eigenvalue weighted by Gasteiger charge is -2.12. The van der Waals surface area contributed by atoms with E-state index in [4.69, 9.17) is 9.84 Å². The van der Waals surface area contributed by atoms with Crippen LogP contribution in [0.3, 0.4) is 0 Å². The zero-order valence-electron chi connectivity index (χ0n) is 11.7. The van der Waals surface area contributed by atoms with Crippen molar-refractivity contribution >= 4 is 5.97 Å². The minimum atomic E-state index is -0.891. The number of aliphatic hydroxyl groups is 1. The Kier molecular flexibility index (Phi) is 3.39. The highest BCUT2D eigenvalue weighted by atomic mass is 16.5. The first-order valence-electron chi connectivity index (χ1n) is 6.83. The smallest absolute Gasteiger partial charge is 0.307 e. The zero-order valence-corrected chi connectivity index (χ0v) is 11.7. The Hall–Kier alpha value is -2.33. The lowest BCUT2D eigenvalue weighted by Crippen LogP contribution is -2.04. The van der Waals surface area contributed by atoms with Crippen molar-refractivity contribution in [3.8, 4) is 11.5 Å². The van der Waals surface area contributed by atoms with Crippen molar-refractivity contribution in [3.05, 3.63) is 58.7 Å². The molecule has 1 atom stereocenters. The molecule has 0 saturated heterocycles. The third-order valence-electron chi connectivity index (χ3n) is 3.64. The maximum absolute atomic E-state index is 10.8. The molecular formula is C17H16O4. The number of benzene rings is 2. The van der Waals surface area contributed by atoms with Crippen molar-refractivity contribution in [3.63, 3.8) is 0 Å². The summed E-state index contributed by atoms with van der Waals surface area (Å²) >= 11 is 0.